The van der Waals surface area contributed by atoms with Gasteiger partial charge in [-0.05, 0) is 36.1 Å². The quantitative estimate of drug-likeness (QED) is 0.522. The fourth-order valence-electron chi connectivity index (χ4n) is 5.02. The molecule has 0 atom stereocenters. The van der Waals surface area contributed by atoms with E-state index in [4.69, 9.17) is 4.74 Å². The molecular weight excluding hydrogens is 443 g/mol. The van der Waals surface area contributed by atoms with Crippen LogP contribution in [-0.2, 0) is 35.5 Å². The lowest BCUT2D eigenvalue weighted by molar-refractivity contribution is -0.134. The first-order valence-corrected chi connectivity index (χ1v) is 12.4. The molecule has 2 aromatic carbocycles. The molecule has 0 bridgehead atoms. The van der Waals surface area contributed by atoms with Gasteiger partial charge in [0.1, 0.15) is 12.1 Å². The molecule has 5 rings (SSSR count). The number of halogens is 1. The Hall–Kier alpha value is -3.16. The standard InChI is InChI=1S/C28H31FN4O2/c29-23-8-6-21(7-9-23)16-27-25-18-32(13-10-26(25)30-20-31-27)28(34)19-33(24-11-14-35-15-12-24)17-22-4-2-1-3-5-22/h1-9,20,24H,10-19H2. The number of ether oxygens (including phenoxy) is 1. The van der Waals surface area contributed by atoms with E-state index >= 15 is 0 Å². The molecule has 0 N–H and O–H groups in total. The summed E-state index contributed by atoms with van der Waals surface area (Å²) in [6, 6.07) is 17.2. The fraction of sp³-hybridized carbons (Fsp3) is 0.393. The highest BCUT2D eigenvalue weighted by atomic mass is 19.1. The van der Waals surface area contributed by atoms with Crippen LogP contribution in [0.1, 0.15) is 40.9 Å². The van der Waals surface area contributed by atoms with E-state index in [0.29, 0.717) is 32.1 Å². The van der Waals surface area contributed by atoms with Gasteiger partial charge < -0.3 is 9.64 Å². The Bertz CT molecular complexity index is 1130. The lowest BCUT2D eigenvalue weighted by Gasteiger charge is -2.36. The second kappa shape index (κ2) is 11.1. The van der Waals surface area contributed by atoms with Gasteiger partial charge in [-0.3, -0.25) is 9.69 Å². The first kappa shape index (κ1) is 23.6. The van der Waals surface area contributed by atoms with Gasteiger partial charge in [-0.2, -0.15) is 0 Å². The molecule has 0 unspecified atom stereocenters. The van der Waals surface area contributed by atoms with Crippen molar-refractivity contribution in [1.82, 2.24) is 19.8 Å². The van der Waals surface area contributed by atoms with Crippen molar-refractivity contribution in [2.75, 3.05) is 26.3 Å². The number of carbonyl (C=O) groups excluding carboxylic acids is 1. The molecule has 3 aromatic rings. The summed E-state index contributed by atoms with van der Waals surface area (Å²) >= 11 is 0. The molecule has 2 aliphatic rings. The predicted molar refractivity (Wildman–Crippen MR) is 131 cm³/mol. The number of hydrogen-bond donors (Lipinski definition) is 0. The largest absolute Gasteiger partial charge is 0.381 e. The molecule has 35 heavy (non-hydrogen) atoms. The third-order valence-electron chi connectivity index (χ3n) is 7.00. The first-order chi connectivity index (χ1) is 17.2. The average molecular weight is 475 g/mol. The number of hydrogen-bond acceptors (Lipinski definition) is 5. The summed E-state index contributed by atoms with van der Waals surface area (Å²) in [6.45, 7) is 3.79. The molecule has 6 nitrogen and oxygen atoms in total. The van der Waals surface area contributed by atoms with Gasteiger partial charge in [0, 0.05) is 57.3 Å². The normalized spacial score (nSPS) is 16.3. The van der Waals surface area contributed by atoms with Gasteiger partial charge in [0.25, 0.3) is 0 Å². The zero-order valence-electron chi connectivity index (χ0n) is 19.9. The fourth-order valence-corrected chi connectivity index (χ4v) is 5.02. The number of benzene rings is 2. The van der Waals surface area contributed by atoms with E-state index in [9.17, 15) is 9.18 Å². The molecule has 1 saturated heterocycles. The van der Waals surface area contributed by atoms with Crippen LogP contribution in [0.4, 0.5) is 4.39 Å². The summed E-state index contributed by atoms with van der Waals surface area (Å²) in [5.41, 5.74) is 5.14. The van der Waals surface area contributed by atoms with E-state index in [-0.39, 0.29) is 11.7 Å². The second-order valence-electron chi connectivity index (χ2n) is 9.35. The van der Waals surface area contributed by atoms with E-state index in [1.165, 1.54) is 17.7 Å². The van der Waals surface area contributed by atoms with Crippen molar-refractivity contribution in [2.24, 2.45) is 0 Å². The third-order valence-corrected chi connectivity index (χ3v) is 7.00. The van der Waals surface area contributed by atoms with Gasteiger partial charge in [-0.15, -0.1) is 0 Å². The van der Waals surface area contributed by atoms with E-state index < -0.39 is 0 Å². The SMILES string of the molecule is O=C(CN(Cc1ccccc1)C1CCOCC1)N1CCc2ncnc(Cc3ccc(F)cc3)c2C1. The number of rotatable bonds is 7. The van der Waals surface area contributed by atoms with E-state index in [1.807, 2.05) is 23.1 Å². The van der Waals surface area contributed by atoms with Crippen LogP contribution in [0, 0.1) is 5.82 Å². The minimum Gasteiger partial charge on any atom is -0.381 e. The lowest BCUT2D eigenvalue weighted by Crippen LogP contribution is -2.47. The maximum Gasteiger partial charge on any atom is 0.237 e. The number of aromatic nitrogens is 2. The number of nitrogens with zero attached hydrogens (tertiary/aromatic N) is 4. The maximum absolute atomic E-state index is 13.5. The van der Waals surface area contributed by atoms with Gasteiger partial charge in [-0.1, -0.05) is 42.5 Å². The molecule has 0 aliphatic carbocycles. The maximum atomic E-state index is 13.5. The topological polar surface area (TPSA) is 58.6 Å². The molecule has 2 aliphatic heterocycles. The Labute approximate surface area is 205 Å². The Morgan fingerprint density at radius 2 is 1.80 bits per heavy atom. The molecule has 0 spiro atoms. The van der Waals surface area contributed by atoms with Crippen molar-refractivity contribution in [3.63, 3.8) is 0 Å². The number of fused-ring (bicyclic) bond motifs is 1. The zero-order chi connectivity index (χ0) is 24.0. The second-order valence-corrected chi connectivity index (χ2v) is 9.35. The first-order valence-electron chi connectivity index (χ1n) is 12.4. The molecule has 1 aromatic heterocycles. The van der Waals surface area contributed by atoms with Gasteiger partial charge in [0.05, 0.1) is 17.9 Å². The molecule has 3 heterocycles. The highest BCUT2D eigenvalue weighted by molar-refractivity contribution is 5.78. The Kier molecular flexibility index (Phi) is 7.45. The molecule has 1 amide bonds. The van der Waals surface area contributed by atoms with E-state index in [0.717, 1.165) is 61.5 Å². The van der Waals surface area contributed by atoms with Crippen LogP contribution in [0.15, 0.2) is 60.9 Å². The van der Waals surface area contributed by atoms with E-state index in [1.54, 1.807) is 18.5 Å². The van der Waals surface area contributed by atoms with Crippen molar-refractivity contribution in [3.05, 3.63) is 94.8 Å². The zero-order valence-corrected chi connectivity index (χ0v) is 19.9. The van der Waals surface area contributed by atoms with Crippen molar-refractivity contribution in [3.8, 4) is 0 Å². The van der Waals surface area contributed by atoms with Crippen molar-refractivity contribution in [2.45, 2.75) is 44.8 Å². The van der Waals surface area contributed by atoms with Crippen molar-refractivity contribution < 1.29 is 13.9 Å². The van der Waals surface area contributed by atoms with Gasteiger partial charge >= 0.3 is 0 Å². The number of amides is 1. The summed E-state index contributed by atoms with van der Waals surface area (Å²) in [4.78, 5) is 26.8. The van der Waals surface area contributed by atoms with Gasteiger partial charge in [0.2, 0.25) is 5.91 Å². The summed E-state index contributed by atoms with van der Waals surface area (Å²) < 4.78 is 18.9. The van der Waals surface area contributed by atoms with Crippen LogP contribution < -0.4 is 0 Å². The Balaban J connectivity index is 1.30. The predicted octanol–water partition coefficient (Wildman–Crippen LogP) is 3.77. The molecule has 1 fully saturated rings. The van der Waals surface area contributed by atoms with E-state index in [2.05, 4.69) is 27.0 Å². The lowest BCUT2D eigenvalue weighted by atomic mass is 9.99. The minimum atomic E-state index is -0.250. The molecular formula is C28H31FN4O2. The summed E-state index contributed by atoms with van der Waals surface area (Å²) in [5, 5.41) is 0. The smallest absolute Gasteiger partial charge is 0.237 e. The summed E-state index contributed by atoms with van der Waals surface area (Å²) in [7, 11) is 0. The van der Waals surface area contributed by atoms with Crippen LogP contribution in [0.5, 0.6) is 0 Å². The highest BCUT2D eigenvalue weighted by Gasteiger charge is 2.29. The number of carbonyl (C=O) groups is 1. The van der Waals surface area contributed by atoms with Gasteiger partial charge in [0.15, 0.2) is 0 Å². The minimum absolute atomic E-state index is 0.134. The monoisotopic (exact) mass is 474 g/mol. The summed E-state index contributed by atoms with van der Waals surface area (Å²) in [5.74, 6) is -0.116. The Morgan fingerprint density at radius 1 is 1.03 bits per heavy atom. The van der Waals surface area contributed by atoms with Crippen molar-refractivity contribution in [1.29, 1.82) is 0 Å². The van der Waals surface area contributed by atoms with Crippen LogP contribution in [-0.4, -0.2) is 58.0 Å². The summed E-state index contributed by atoms with van der Waals surface area (Å²) in [6.07, 6.45) is 4.80. The van der Waals surface area contributed by atoms with Crippen LogP contribution in [0.2, 0.25) is 0 Å². The van der Waals surface area contributed by atoms with Crippen LogP contribution in [0.25, 0.3) is 0 Å². The molecule has 7 heteroatoms. The van der Waals surface area contributed by atoms with Crippen molar-refractivity contribution >= 4 is 5.91 Å². The van der Waals surface area contributed by atoms with Crippen LogP contribution in [0.3, 0.4) is 0 Å². The molecule has 0 radical (unpaired) electrons. The van der Waals surface area contributed by atoms with Crippen LogP contribution >= 0.6 is 0 Å². The molecule has 0 saturated carbocycles. The highest BCUT2D eigenvalue weighted by Crippen LogP contribution is 2.23. The van der Waals surface area contributed by atoms with Gasteiger partial charge in [-0.25, -0.2) is 14.4 Å². The Morgan fingerprint density at radius 3 is 2.57 bits per heavy atom. The third kappa shape index (κ3) is 5.92. The molecule has 182 valence electrons. The average Bonchev–Trinajstić information content (AvgIpc) is 2.90.